The Labute approximate surface area is 108 Å². The molecule has 0 aromatic heterocycles. The Balaban J connectivity index is 1.99. The van der Waals surface area contributed by atoms with Gasteiger partial charge in [0.05, 0.1) is 5.69 Å². The van der Waals surface area contributed by atoms with Crippen molar-refractivity contribution >= 4 is 45.8 Å². The second-order valence-electron chi connectivity index (χ2n) is 3.82. The number of amides is 1. The first-order valence-corrected chi connectivity index (χ1v) is 6.36. The highest BCUT2D eigenvalue weighted by atomic mass is 127. The van der Waals surface area contributed by atoms with Crippen molar-refractivity contribution in [1.29, 1.82) is 0 Å². The minimum absolute atomic E-state index is 0.109. The van der Waals surface area contributed by atoms with Crippen LogP contribution in [0, 0.1) is 9.49 Å². The van der Waals surface area contributed by atoms with Crippen molar-refractivity contribution in [3.8, 4) is 0 Å². The Morgan fingerprint density at radius 1 is 1.53 bits per heavy atom. The van der Waals surface area contributed by atoms with E-state index in [1.54, 1.807) is 6.07 Å². The number of anilines is 1. The SMILES string of the molecule is O=C(CC1CC1)Nc1ccc(Cl)cc1I. The van der Waals surface area contributed by atoms with Crippen LogP contribution in [0.5, 0.6) is 0 Å². The minimum atomic E-state index is 0.109. The quantitative estimate of drug-likeness (QED) is 0.839. The first kappa shape index (κ1) is 11.2. The van der Waals surface area contributed by atoms with E-state index in [1.807, 2.05) is 12.1 Å². The predicted octanol–water partition coefficient (Wildman–Crippen LogP) is 3.68. The number of carbonyl (C=O) groups excluding carboxylic acids is 1. The van der Waals surface area contributed by atoms with E-state index in [9.17, 15) is 4.79 Å². The van der Waals surface area contributed by atoms with Crippen molar-refractivity contribution in [3.63, 3.8) is 0 Å². The normalized spacial score (nSPS) is 15.1. The van der Waals surface area contributed by atoms with Crippen LogP contribution >= 0.6 is 34.2 Å². The molecule has 4 heteroatoms. The number of halogens is 2. The lowest BCUT2D eigenvalue weighted by atomic mass is 10.2. The molecule has 0 spiro atoms. The second-order valence-corrected chi connectivity index (χ2v) is 5.42. The Bertz CT molecular complexity index is 390. The van der Waals surface area contributed by atoms with Crippen LogP contribution < -0.4 is 5.32 Å². The highest BCUT2D eigenvalue weighted by molar-refractivity contribution is 14.1. The van der Waals surface area contributed by atoms with E-state index in [4.69, 9.17) is 11.6 Å². The molecule has 1 amide bonds. The predicted molar refractivity (Wildman–Crippen MR) is 70.1 cm³/mol. The minimum Gasteiger partial charge on any atom is -0.325 e. The zero-order valence-corrected chi connectivity index (χ0v) is 11.0. The van der Waals surface area contributed by atoms with Gasteiger partial charge in [-0.25, -0.2) is 0 Å². The molecule has 0 unspecified atom stereocenters. The van der Waals surface area contributed by atoms with Crippen LogP contribution in [0.4, 0.5) is 5.69 Å². The molecule has 2 nitrogen and oxygen atoms in total. The van der Waals surface area contributed by atoms with Crippen LogP contribution in [0.1, 0.15) is 19.3 Å². The van der Waals surface area contributed by atoms with Gasteiger partial charge in [-0.1, -0.05) is 11.6 Å². The molecule has 1 aromatic carbocycles. The Hall–Kier alpha value is -0.290. The van der Waals surface area contributed by atoms with Gasteiger partial charge in [0, 0.05) is 15.0 Å². The van der Waals surface area contributed by atoms with E-state index in [2.05, 4.69) is 27.9 Å². The van der Waals surface area contributed by atoms with Gasteiger partial charge in [-0.15, -0.1) is 0 Å². The smallest absolute Gasteiger partial charge is 0.224 e. The van der Waals surface area contributed by atoms with Crippen LogP contribution in [-0.4, -0.2) is 5.91 Å². The maximum Gasteiger partial charge on any atom is 0.224 e. The molecule has 1 aliphatic rings. The highest BCUT2D eigenvalue weighted by Crippen LogP contribution is 2.32. The number of benzene rings is 1. The summed E-state index contributed by atoms with van der Waals surface area (Å²) < 4.78 is 0.976. The van der Waals surface area contributed by atoms with Gasteiger partial charge in [-0.3, -0.25) is 4.79 Å². The second kappa shape index (κ2) is 4.70. The van der Waals surface area contributed by atoms with Crippen molar-refractivity contribution < 1.29 is 4.79 Å². The van der Waals surface area contributed by atoms with Crippen molar-refractivity contribution in [3.05, 3.63) is 26.8 Å². The van der Waals surface area contributed by atoms with E-state index in [0.717, 1.165) is 9.26 Å². The summed E-state index contributed by atoms with van der Waals surface area (Å²) in [5, 5.41) is 3.60. The van der Waals surface area contributed by atoms with Crippen LogP contribution in [-0.2, 0) is 4.79 Å². The lowest BCUT2D eigenvalue weighted by Crippen LogP contribution is -2.12. The Kier molecular flexibility index (Phi) is 3.51. The molecule has 0 atom stereocenters. The maximum absolute atomic E-state index is 11.6. The average molecular weight is 336 g/mol. The van der Waals surface area contributed by atoms with Gasteiger partial charge in [0.2, 0.25) is 5.91 Å². The molecule has 1 saturated carbocycles. The number of carbonyl (C=O) groups is 1. The number of hydrogen-bond donors (Lipinski definition) is 1. The van der Waals surface area contributed by atoms with Crippen LogP contribution in [0.2, 0.25) is 5.02 Å². The third kappa shape index (κ3) is 3.34. The largest absolute Gasteiger partial charge is 0.325 e. The lowest BCUT2D eigenvalue weighted by molar-refractivity contribution is -0.116. The van der Waals surface area contributed by atoms with Gasteiger partial charge in [0.15, 0.2) is 0 Å². The topological polar surface area (TPSA) is 29.1 Å². The van der Waals surface area contributed by atoms with Crippen molar-refractivity contribution in [2.45, 2.75) is 19.3 Å². The first-order chi connectivity index (χ1) is 7.15. The van der Waals surface area contributed by atoms with E-state index >= 15 is 0 Å². The molecule has 0 saturated heterocycles. The summed E-state index contributed by atoms with van der Waals surface area (Å²) in [7, 11) is 0. The van der Waals surface area contributed by atoms with Crippen molar-refractivity contribution in [2.24, 2.45) is 5.92 Å². The van der Waals surface area contributed by atoms with Crippen molar-refractivity contribution in [2.75, 3.05) is 5.32 Å². The summed E-state index contributed by atoms with van der Waals surface area (Å²) in [6.07, 6.45) is 3.05. The van der Waals surface area contributed by atoms with Gasteiger partial charge < -0.3 is 5.32 Å². The molecule has 0 aliphatic heterocycles. The fourth-order valence-electron chi connectivity index (χ4n) is 1.38. The van der Waals surface area contributed by atoms with E-state index in [0.29, 0.717) is 17.4 Å². The zero-order valence-electron chi connectivity index (χ0n) is 8.09. The molecule has 80 valence electrons. The third-order valence-electron chi connectivity index (χ3n) is 2.38. The average Bonchev–Trinajstić information content (AvgIpc) is 2.94. The molecule has 1 N–H and O–H groups in total. The first-order valence-electron chi connectivity index (χ1n) is 4.90. The van der Waals surface area contributed by atoms with E-state index in [-0.39, 0.29) is 5.91 Å². The number of nitrogens with one attached hydrogen (secondary N) is 1. The van der Waals surface area contributed by atoms with Crippen LogP contribution in [0.3, 0.4) is 0 Å². The van der Waals surface area contributed by atoms with Gasteiger partial charge in [0.25, 0.3) is 0 Å². The molecule has 15 heavy (non-hydrogen) atoms. The highest BCUT2D eigenvalue weighted by Gasteiger charge is 2.24. The molecular weight excluding hydrogens is 324 g/mol. The molecule has 1 aliphatic carbocycles. The fraction of sp³-hybridized carbons (Fsp3) is 0.364. The third-order valence-corrected chi connectivity index (χ3v) is 3.50. The standard InChI is InChI=1S/C11H11ClINO/c12-8-3-4-10(9(13)6-8)14-11(15)5-7-1-2-7/h3-4,6-7H,1-2,5H2,(H,14,15). The van der Waals surface area contributed by atoms with Crippen LogP contribution in [0.15, 0.2) is 18.2 Å². The van der Waals surface area contributed by atoms with Crippen molar-refractivity contribution in [1.82, 2.24) is 0 Å². The summed E-state index contributed by atoms with van der Waals surface area (Å²) in [5.41, 5.74) is 0.852. The summed E-state index contributed by atoms with van der Waals surface area (Å²) in [4.78, 5) is 11.6. The Morgan fingerprint density at radius 2 is 2.27 bits per heavy atom. The van der Waals surface area contributed by atoms with Gasteiger partial charge in [-0.05, 0) is 59.5 Å². The fourth-order valence-corrected chi connectivity index (χ4v) is 2.38. The van der Waals surface area contributed by atoms with E-state index in [1.165, 1.54) is 12.8 Å². The number of hydrogen-bond acceptors (Lipinski definition) is 1. The summed E-state index contributed by atoms with van der Waals surface area (Å²) >= 11 is 8.00. The summed E-state index contributed by atoms with van der Waals surface area (Å²) in [6.45, 7) is 0. The summed E-state index contributed by atoms with van der Waals surface area (Å²) in [5.74, 6) is 0.729. The molecule has 1 fully saturated rings. The molecule has 0 bridgehead atoms. The zero-order chi connectivity index (χ0) is 10.8. The lowest BCUT2D eigenvalue weighted by Gasteiger charge is -2.07. The van der Waals surface area contributed by atoms with Gasteiger partial charge >= 0.3 is 0 Å². The molecular formula is C11H11ClINO. The van der Waals surface area contributed by atoms with Gasteiger partial charge in [-0.2, -0.15) is 0 Å². The van der Waals surface area contributed by atoms with Gasteiger partial charge in [0.1, 0.15) is 0 Å². The molecule has 2 rings (SSSR count). The van der Waals surface area contributed by atoms with E-state index < -0.39 is 0 Å². The summed E-state index contributed by atoms with van der Waals surface area (Å²) in [6, 6.07) is 5.47. The molecule has 1 aromatic rings. The monoisotopic (exact) mass is 335 g/mol. The van der Waals surface area contributed by atoms with Crippen LogP contribution in [0.25, 0.3) is 0 Å². The number of rotatable bonds is 3. The maximum atomic E-state index is 11.6. The molecule has 0 radical (unpaired) electrons. The molecule has 0 heterocycles. The Morgan fingerprint density at radius 3 is 2.87 bits per heavy atom.